The maximum absolute atomic E-state index is 13.7. The fourth-order valence-electron chi connectivity index (χ4n) is 5.18. The van der Waals surface area contributed by atoms with Gasteiger partial charge in [-0.05, 0) is 80.5 Å². The van der Waals surface area contributed by atoms with Gasteiger partial charge >= 0.3 is 0 Å². The van der Waals surface area contributed by atoms with Gasteiger partial charge in [0, 0.05) is 35.9 Å². The molecule has 0 saturated carbocycles. The van der Waals surface area contributed by atoms with E-state index in [1.54, 1.807) is 24.3 Å². The lowest BCUT2D eigenvalue weighted by molar-refractivity contribution is -0.120. The van der Waals surface area contributed by atoms with E-state index in [9.17, 15) is 14.4 Å². The number of hydrogen-bond donors (Lipinski definition) is 2. The van der Waals surface area contributed by atoms with Gasteiger partial charge < -0.3 is 15.5 Å². The fourth-order valence-corrected chi connectivity index (χ4v) is 5.18. The van der Waals surface area contributed by atoms with Crippen molar-refractivity contribution < 1.29 is 14.4 Å². The van der Waals surface area contributed by atoms with E-state index in [4.69, 9.17) is 0 Å². The predicted molar refractivity (Wildman–Crippen MR) is 167 cm³/mol. The van der Waals surface area contributed by atoms with Crippen LogP contribution in [0.3, 0.4) is 0 Å². The zero-order chi connectivity index (χ0) is 29.8. The van der Waals surface area contributed by atoms with Crippen LogP contribution in [0, 0.1) is 19.8 Å². The lowest BCUT2D eigenvalue weighted by Crippen LogP contribution is -2.46. The van der Waals surface area contributed by atoms with E-state index in [1.165, 1.54) is 0 Å². The molecule has 3 aromatic carbocycles. The molecule has 41 heavy (non-hydrogen) atoms. The second-order valence-corrected chi connectivity index (χ2v) is 10.8. The number of hydrogen-bond acceptors (Lipinski definition) is 3. The molecule has 0 spiro atoms. The Kier molecular flexibility index (Phi) is 12.1. The lowest BCUT2D eigenvalue weighted by Gasteiger charge is -2.28. The van der Waals surface area contributed by atoms with Gasteiger partial charge in [-0.1, -0.05) is 75.7 Å². The highest BCUT2D eigenvalue weighted by molar-refractivity contribution is 6.00. The summed E-state index contributed by atoms with van der Waals surface area (Å²) in [6.45, 7) is 11.5. The number of carbonyl (C=O) groups excluding carboxylic acids is 3. The molecule has 0 heterocycles. The number of carbonyl (C=O) groups is 3. The Balaban J connectivity index is 1.89. The number of anilines is 1. The molecule has 0 radical (unpaired) electrons. The van der Waals surface area contributed by atoms with Gasteiger partial charge in [0.25, 0.3) is 11.8 Å². The van der Waals surface area contributed by atoms with Crippen molar-refractivity contribution in [2.75, 3.05) is 18.4 Å². The highest BCUT2D eigenvalue weighted by Crippen LogP contribution is 2.23. The average molecular weight is 556 g/mol. The third-order valence-electron chi connectivity index (χ3n) is 7.55. The summed E-state index contributed by atoms with van der Waals surface area (Å²) >= 11 is 0. The van der Waals surface area contributed by atoms with Crippen molar-refractivity contribution in [1.82, 2.24) is 10.2 Å². The minimum absolute atomic E-state index is 0.0686. The van der Waals surface area contributed by atoms with Crippen LogP contribution in [0.4, 0.5) is 5.69 Å². The summed E-state index contributed by atoms with van der Waals surface area (Å²) in [5.74, 6) is -0.918. The number of rotatable bonds is 14. The van der Waals surface area contributed by atoms with Crippen LogP contribution in [-0.4, -0.2) is 41.8 Å². The van der Waals surface area contributed by atoms with Crippen LogP contribution < -0.4 is 10.6 Å². The summed E-state index contributed by atoms with van der Waals surface area (Å²) in [5, 5.41) is 6.32. The van der Waals surface area contributed by atoms with Gasteiger partial charge in [0.2, 0.25) is 5.91 Å². The SMILES string of the molecule is CCCC(C(=O)Nc1cccc(C)c1C)C(Cc1ccccc1)NC(=O)c1cccc(C(=O)N(CCC)CCC)c1. The Bertz CT molecular complexity index is 1300. The maximum atomic E-state index is 13.7. The van der Waals surface area contributed by atoms with Gasteiger partial charge in [-0.2, -0.15) is 0 Å². The standard InChI is InChI=1S/C35H45N3O3/c1-6-14-30(34(40)36-31-20-12-15-25(4)26(31)5)32(23-27-16-10-9-11-17-27)37-33(39)28-18-13-19-29(24-28)35(41)38(21-7-2)22-8-3/h9-13,15-20,24,30,32H,6-8,14,21-23H2,1-5H3,(H,36,40)(H,37,39). The van der Waals surface area contributed by atoms with Crippen LogP contribution >= 0.6 is 0 Å². The third kappa shape index (κ3) is 8.78. The lowest BCUT2D eigenvalue weighted by atomic mass is 9.88. The summed E-state index contributed by atoms with van der Waals surface area (Å²) in [5.41, 5.74) is 4.87. The molecule has 2 N–H and O–H groups in total. The molecule has 0 aliphatic carbocycles. The molecule has 3 rings (SSSR count). The molecule has 0 aliphatic rings. The van der Waals surface area contributed by atoms with Crippen LogP contribution in [-0.2, 0) is 11.2 Å². The van der Waals surface area contributed by atoms with Crippen molar-refractivity contribution in [3.63, 3.8) is 0 Å². The Morgan fingerprint density at radius 1 is 0.780 bits per heavy atom. The molecule has 0 saturated heterocycles. The van der Waals surface area contributed by atoms with Crippen molar-refractivity contribution in [3.8, 4) is 0 Å². The van der Waals surface area contributed by atoms with Crippen LogP contribution in [0.1, 0.15) is 83.9 Å². The average Bonchev–Trinajstić information content (AvgIpc) is 2.98. The molecule has 6 heteroatoms. The molecule has 3 aromatic rings. The smallest absolute Gasteiger partial charge is 0.253 e. The van der Waals surface area contributed by atoms with Crippen molar-refractivity contribution in [3.05, 3.63) is 101 Å². The van der Waals surface area contributed by atoms with E-state index in [1.807, 2.05) is 74.2 Å². The van der Waals surface area contributed by atoms with E-state index < -0.39 is 12.0 Å². The highest BCUT2D eigenvalue weighted by atomic mass is 16.2. The monoisotopic (exact) mass is 555 g/mol. The molecule has 6 nitrogen and oxygen atoms in total. The van der Waals surface area contributed by atoms with Crippen molar-refractivity contribution in [2.45, 2.75) is 72.8 Å². The van der Waals surface area contributed by atoms with E-state index in [0.29, 0.717) is 37.1 Å². The normalized spacial score (nSPS) is 12.3. The fraction of sp³-hybridized carbons (Fsp3) is 0.400. The summed E-state index contributed by atoms with van der Waals surface area (Å²) in [6, 6.07) is 22.2. The maximum Gasteiger partial charge on any atom is 0.253 e. The molecular formula is C35H45N3O3. The first-order chi connectivity index (χ1) is 19.8. The second-order valence-electron chi connectivity index (χ2n) is 10.8. The van der Waals surface area contributed by atoms with Gasteiger partial charge in [0.1, 0.15) is 0 Å². The van der Waals surface area contributed by atoms with Crippen molar-refractivity contribution in [2.24, 2.45) is 5.92 Å². The number of nitrogens with one attached hydrogen (secondary N) is 2. The molecule has 2 unspecified atom stereocenters. The van der Waals surface area contributed by atoms with Gasteiger partial charge in [-0.15, -0.1) is 0 Å². The first-order valence-corrected chi connectivity index (χ1v) is 14.9. The summed E-state index contributed by atoms with van der Waals surface area (Å²) < 4.78 is 0. The molecule has 218 valence electrons. The highest BCUT2D eigenvalue weighted by Gasteiger charge is 2.30. The molecule has 0 aromatic heterocycles. The first kappa shape index (κ1) is 31.6. The third-order valence-corrected chi connectivity index (χ3v) is 7.55. The topological polar surface area (TPSA) is 78.5 Å². The molecule has 2 atom stereocenters. The van der Waals surface area contributed by atoms with E-state index in [2.05, 4.69) is 24.5 Å². The molecule has 3 amide bonds. The van der Waals surface area contributed by atoms with Gasteiger partial charge in [0.15, 0.2) is 0 Å². The Morgan fingerprint density at radius 2 is 1.44 bits per heavy atom. The second kappa shape index (κ2) is 15.8. The first-order valence-electron chi connectivity index (χ1n) is 14.9. The van der Waals surface area contributed by atoms with Crippen LogP contribution in [0.25, 0.3) is 0 Å². The molecule has 0 fully saturated rings. The summed E-state index contributed by atoms with van der Waals surface area (Å²) in [4.78, 5) is 42.5. The zero-order valence-corrected chi connectivity index (χ0v) is 25.2. The summed E-state index contributed by atoms with van der Waals surface area (Å²) in [6.07, 6.45) is 3.67. The number of nitrogens with zero attached hydrogens (tertiary/aromatic N) is 1. The summed E-state index contributed by atoms with van der Waals surface area (Å²) in [7, 11) is 0. The van der Waals surface area contributed by atoms with E-state index in [-0.39, 0.29) is 17.7 Å². The van der Waals surface area contributed by atoms with Crippen LogP contribution in [0.5, 0.6) is 0 Å². The largest absolute Gasteiger partial charge is 0.348 e. The van der Waals surface area contributed by atoms with Gasteiger partial charge in [-0.25, -0.2) is 0 Å². The van der Waals surface area contributed by atoms with Gasteiger partial charge in [0.05, 0.1) is 5.92 Å². The number of aryl methyl sites for hydroxylation is 1. The van der Waals surface area contributed by atoms with Crippen molar-refractivity contribution >= 4 is 23.4 Å². The van der Waals surface area contributed by atoms with Crippen LogP contribution in [0.2, 0.25) is 0 Å². The van der Waals surface area contributed by atoms with Gasteiger partial charge in [-0.3, -0.25) is 14.4 Å². The Morgan fingerprint density at radius 3 is 2.10 bits per heavy atom. The molecule has 0 aliphatic heterocycles. The van der Waals surface area contributed by atoms with Crippen molar-refractivity contribution in [1.29, 1.82) is 0 Å². The number of benzene rings is 3. The molecule has 0 bridgehead atoms. The Hall–Kier alpha value is -3.93. The zero-order valence-electron chi connectivity index (χ0n) is 25.2. The Labute approximate surface area is 245 Å². The van der Waals surface area contributed by atoms with Crippen LogP contribution in [0.15, 0.2) is 72.8 Å². The number of amides is 3. The quantitative estimate of drug-likeness (QED) is 0.226. The minimum Gasteiger partial charge on any atom is -0.348 e. The minimum atomic E-state index is -0.446. The predicted octanol–water partition coefficient (Wildman–Crippen LogP) is 6.96. The van der Waals surface area contributed by atoms with E-state index in [0.717, 1.165) is 41.6 Å². The van der Waals surface area contributed by atoms with E-state index >= 15 is 0 Å². The molecular weight excluding hydrogens is 510 g/mol.